The highest BCUT2D eigenvalue weighted by Crippen LogP contribution is 2.49. The molecule has 0 aromatic heterocycles. The number of amides is 1. The van der Waals surface area contributed by atoms with Crippen LogP contribution in [0.2, 0.25) is 0 Å². The molecule has 7 heteroatoms. The minimum absolute atomic E-state index is 0.0379. The number of hydrogen-bond donors (Lipinski definition) is 3. The van der Waals surface area contributed by atoms with E-state index in [0.717, 1.165) is 24.9 Å². The van der Waals surface area contributed by atoms with Crippen molar-refractivity contribution in [1.82, 2.24) is 10.0 Å². The normalized spacial score (nSPS) is 17.8. The number of sulfonamides is 1. The Morgan fingerprint density at radius 3 is 2.47 bits per heavy atom. The topological polar surface area (TPSA) is 75.3 Å². The van der Waals surface area contributed by atoms with Gasteiger partial charge in [0.05, 0.1) is 6.26 Å². The summed E-state index contributed by atoms with van der Waals surface area (Å²) in [6.07, 6.45) is 4.43. The van der Waals surface area contributed by atoms with Gasteiger partial charge in [-0.3, -0.25) is 4.79 Å². The van der Waals surface area contributed by atoms with Crippen molar-refractivity contribution in [3.8, 4) is 0 Å². The lowest BCUT2D eigenvalue weighted by Gasteiger charge is -2.11. The highest BCUT2D eigenvalue weighted by Gasteiger charge is 2.42. The first-order valence-corrected chi connectivity index (χ1v) is 8.21. The number of carbonyl (C=O) groups excluding carboxylic acids is 1. The van der Waals surface area contributed by atoms with Crippen molar-refractivity contribution in [1.29, 1.82) is 0 Å². The molecular formula is C10H20N2O3S2. The van der Waals surface area contributed by atoms with Crippen LogP contribution in [0.5, 0.6) is 0 Å². The monoisotopic (exact) mass is 280 g/mol. The zero-order valence-electron chi connectivity index (χ0n) is 10.0. The summed E-state index contributed by atoms with van der Waals surface area (Å²) < 4.78 is 23.9. The molecule has 0 aromatic carbocycles. The van der Waals surface area contributed by atoms with Gasteiger partial charge >= 0.3 is 0 Å². The Labute approximate surface area is 108 Å². The second-order valence-corrected chi connectivity index (χ2v) is 6.85. The first-order chi connectivity index (χ1) is 7.87. The van der Waals surface area contributed by atoms with Crippen LogP contribution in [0.15, 0.2) is 0 Å². The van der Waals surface area contributed by atoms with Crippen LogP contribution in [-0.4, -0.2) is 39.4 Å². The van der Waals surface area contributed by atoms with Gasteiger partial charge in [-0.1, -0.05) is 0 Å². The summed E-state index contributed by atoms with van der Waals surface area (Å²) in [6, 6.07) is 0. The standard InChI is InChI=1S/C10H20N2O3S2/c1-17(14,15)12-6-2-5-11-9(13)7-10(8-16)3-4-10/h12,16H,2-8H2,1H3,(H,11,13). The summed E-state index contributed by atoms with van der Waals surface area (Å²) in [4.78, 5) is 11.5. The first-order valence-electron chi connectivity index (χ1n) is 5.69. The number of thiol groups is 1. The maximum atomic E-state index is 11.5. The van der Waals surface area contributed by atoms with Crippen LogP contribution in [0.4, 0.5) is 0 Å². The van der Waals surface area contributed by atoms with Gasteiger partial charge in [0.1, 0.15) is 0 Å². The Kier molecular flexibility index (Phi) is 5.27. The van der Waals surface area contributed by atoms with E-state index in [-0.39, 0.29) is 11.3 Å². The van der Waals surface area contributed by atoms with Crippen LogP contribution in [0, 0.1) is 5.41 Å². The SMILES string of the molecule is CS(=O)(=O)NCCCNC(=O)CC1(CS)CC1. The van der Waals surface area contributed by atoms with Gasteiger partial charge in [0.2, 0.25) is 15.9 Å². The molecule has 1 amide bonds. The highest BCUT2D eigenvalue weighted by molar-refractivity contribution is 7.88. The van der Waals surface area contributed by atoms with Crippen molar-refractivity contribution in [2.45, 2.75) is 25.7 Å². The van der Waals surface area contributed by atoms with Crippen LogP contribution < -0.4 is 10.0 Å². The summed E-state index contributed by atoms with van der Waals surface area (Å²) in [5, 5.41) is 2.79. The predicted octanol–water partition coefficient (Wildman–Crippen LogP) is 0.142. The van der Waals surface area contributed by atoms with E-state index in [9.17, 15) is 13.2 Å². The van der Waals surface area contributed by atoms with Crippen LogP contribution in [0.1, 0.15) is 25.7 Å². The van der Waals surface area contributed by atoms with Gasteiger partial charge in [-0.25, -0.2) is 13.1 Å². The molecule has 0 aliphatic heterocycles. The van der Waals surface area contributed by atoms with Gasteiger partial charge in [0, 0.05) is 19.5 Å². The lowest BCUT2D eigenvalue weighted by molar-refractivity contribution is -0.122. The number of rotatable bonds is 8. The highest BCUT2D eigenvalue weighted by atomic mass is 32.2. The molecule has 1 fully saturated rings. The molecule has 2 N–H and O–H groups in total. The Morgan fingerprint density at radius 1 is 1.35 bits per heavy atom. The third-order valence-electron chi connectivity index (χ3n) is 2.87. The number of nitrogens with one attached hydrogen (secondary N) is 2. The summed E-state index contributed by atoms with van der Waals surface area (Å²) in [6.45, 7) is 0.862. The summed E-state index contributed by atoms with van der Waals surface area (Å²) in [7, 11) is -3.12. The van der Waals surface area contributed by atoms with E-state index in [0.29, 0.717) is 25.9 Å². The van der Waals surface area contributed by atoms with E-state index in [2.05, 4.69) is 22.7 Å². The van der Waals surface area contributed by atoms with E-state index in [1.54, 1.807) is 0 Å². The van der Waals surface area contributed by atoms with Crippen molar-refractivity contribution < 1.29 is 13.2 Å². The van der Waals surface area contributed by atoms with Crippen molar-refractivity contribution >= 4 is 28.6 Å². The summed E-state index contributed by atoms with van der Waals surface area (Å²) in [5.74, 6) is 0.798. The van der Waals surface area contributed by atoms with Crippen molar-refractivity contribution in [2.75, 3.05) is 25.1 Å². The molecule has 0 atom stereocenters. The van der Waals surface area contributed by atoms with Gasteiger partial charge in [-0.15, -0.1) is 0 Å². The van der Waals surface area contributed by atoms with E-state index < -0.39 is 10.0 Å². The molecule has 0 radical (unpaired) electrons. The molecule has 0 saturated heterocycles. The maximum Gasteiger partial charge on any atom is 0.220 e. The minimum atomic E-state index is -3.12. The Balaban J connectivity index is 2.05. The fraction of sp³-hybridized carbons (Fsp3) is 0.900. The average Bonchev–Trinajstić information content (AvgIpc) is 2.96. The molecule has 17 heavy (non-hydrogen) atoms. The maximum absolute atomic E-state index is 11.5. The lowest BCUT2D eigenvalue weighted by Crippen LogP contribution is -2.30. The van der Waals surface area contributed by atoms with Gasteiger partial charge in [0.15, 0.2) is 0 Å². The molecule has 0 aromatic rings. The number of hydrogen-bond acceptors (Lipinski definition) is 4. The van der Waals surface area contributed by atoms with E-state index in [1.807, 2.05) is 0 Å². The fourth-order valence-corrected chi connectivity index (χ4v) is 2.49. The van der Waals surface area contributed by atoms with Crippen molar-refractivity contribution in [2.24, 2.45) is 5.41 Å². The molecule has 0 spiro atoms. The molecule has 1 aliphatic carbocycles. The van der Waals surface area contributed by atoms with Crippen LogP contribution >= 0.6 is 12.6 Å². The van der Waals surface area contributed by atoms with Crippen molar-refractivity contribution in [3.63, 3.8) is 0 Å². The Morgan fingerprint density at radius 2 is 2.00 bits per heavy atom. The largest absolute Gasteiger partial charge is 0.356 e. The van der Waals surface area contributed by atoms with Gasteiger partial charge in [-0.2, -0.15) is 12.6 Å². The molecule has 0 unspecified atom stereocenters. The average molecular weight is 280 g/mol. The second-order valence-electron chi connectivity index (χ2n) is 4.70. The lowest BCUT2D eigenvalue weighted by atomic mass is 10.1. The zero-order chi connectivity index (χ0) is 12.9. The van der Waals surface area contributed by atoms with E-state index in [1.165, 1.54) is 0 Å². The van der Waals surface area contributed by atoms with Crippen LogP contribution in [0.3, 0.4) is 0 Å². The molecule has 1 saturated carbocycles. The predicted molar refractivity (Wildman–Crippen MR) is 70.6 cm³/mol. The fourth-order valence-electron chi connectivity index (χ4n) is 1.54. The van der Waals surface area contributed by atoms with E-state index >= 15 is 0 Å². The quantitative estimate of drug-likeness (QED) is 0.437. The molecule has 0 heterocycles. The molecule has 1 aliphatic rings. The smallest absolute Gasteiger partial charge is 0.220 e. The first kappa shape index (κ1) is 14.8. The van der Waals surface area contributed by atoms with Crippen molar-refractivity contribution in [3.05, 3.63) is 0 Å². The molecule has 5 nitrogen and oxygen atoms in total. The molecule has 100 valence electrons. The molecule has 0 bridgehead atoms. The minimum Gasteiger partial charge on any atom is -0.356 e. The molecule has 1 rings (SSSR count). The summed E-state index contributed by atoms with van der Waals surface area (Å²) in [5.41, 5.74) is 0.137. The van der Waals surface area contributed by atoms with Crippen LogP contribution in [0.25, 0.3) is 0 Å². The second kappa shape index (κ2) is 6.06. The van der Waals surface area contributed by atoms with E-state index in [4.69, 9.17) is 0 Å². The third kappa shape index (κ3) is 6.28. The van der Waals surface area contributed by atoms with Gasteiger partial charge < -0.3 is 5.32 Å². The zero-order valence-corrected chi connectivity index (χ0v) is 11.7. The van der Waals surface area contributed by atoms with Crippen LogP contribution in [-0.2, 0) is 14.8 Å². The molecular weight excluding hydrogens is 260 g/mol. The third-order valence-corrected chi connectivity index (χ3v) is 4.27. The Hall–Kier alpha value is -0.270. The number of carbonyl (C=O) groups is 1. The summed E-state index contributed by atoms with van der Waals surface area (Å²) >= 11 is 4.24. The van der Waals surface area contributed by atoms with Gasteiger partial charge in [0.25, 0.3) is 0 Å². The Bertz CT molecular complexity index is 364. The van der Waals surface area contributed by atoms with Gasteiger partial charge in [-0.05, 0) is 30.4 Å².